The first kappa shape index (κ1) is 15.5. The van der Waals surface area contributed by atoms with Crippen molar-refractivity contribution in [1.82, 2.24) is 14.8 Å². The van der Waals surface area contributed by atoms with E-state index < -0.39 is 5.97 Å². The number of hydrogen-bond acceptors (Lipinski definition) is 4. The van der Waals surface area contributed by atoms with Crippen LogP contribution in [0.3, 0.4) is 0 Å². The standard InChI is InChI=1S/C14H16FN3O2S/c1-3-4-12-16-17-14(21-8-13(19)20)18(12)10-6-5-9(2)11(15)7-10/h5-7H,3-4,8H2,1-2H3,(H,19,20). The van der Waals surface area contributed by atoms with Crippen LogP contribution in [0.1, 0.15) is 24.7 Å². The van der Waals surface area contributed by atoms with Crippen molar-refractivity contribution >= 4 is 17.7 Å². The molecule has 0 amide bonds. The van der Waals surface area contributed by atoms with Crippen molar-refractivity contribution in [2.24, 2.45) is 0 Å². The molecule has 7 heteroatoms. The van der Waals surface area contributed by atoms with Crippen LogP contribution in [0.2, 0.25) is 0 Å². The second kappa shape index (κ2) is 6.71. The third-order valence-electron chi connectivity index (χ3n) is 2.91. The van der Waals surface area contributed by atoms with Crippen LogP contribution in [0.5, 0.6) is 0 Å². The van der Waals surface area contributed by atoms with Gasteiger partial charge in [-0.05, 0) is 31.0 Å². The Labute approximate surface area is 126 Å². The van der Waals surface area contributed by atoms with Crippen LogP contribution < -0.4 is 0 Å². The van der Waals surface area contributed by atoms with Crippen molar-refractivity contribution in [2.75, 3.05) is 5.75 Å². The van der Waals surface area contributed by atoms with Gasteiger partial charge >= 0.3 is 5.97 Å². The highest BCUT2D eigenvalue weighted by atomic mass is 32.2. The van der Waals surface area contributed by atoms with Gasteiger partial charge in [0.05, 0.1) is 11.4 Å². The quantitative estimate of drug-likeness (QED) is 0.831. The number of aliphatic carboxylic acids is 1. The van der Waals surface area contributed by atoms with Gasteiger partial charge in [0.25, 0.3) is 0 Å². The molecule has 0 radical (unpaired) electrons. The Balaban J connectivity index is 2.44. The minimum absolute atomic E-state index is 0.112. The zero-order chi connectivity index (χ0) is 15.4. The predicted octanol–water partition coefficient (Wildman–Crippen LogP) is 2.84. The van der Waals surface area contributed by atoms with E-state index in [-0.39, 0.29) is 11.6 Å². The molecule has 0 saturated heterocycles. The lowest BCUT2D eigenvalue weighted by Gasteiger charge is -2.10. The number of thioether (sulfide) groups is 1. The Hall–Kier alpha value is -1.89. The van der Waals surface area contributed by atoms with Gasteiger partial charge in [-0.15, -0.1) is 10.2 Å². The van der Waals surface area contributed by atoms with E-state index in [0.717, 1.165) is 18.2 Å². The van der Waals surface area contributed by atoms with Crippen molar-refractivity contribution in [3.8, 4) is 5.69 Å². The maximum Gasteiger partial charge on any atom is 0.313 e. The van der Waals surface area contributed by atoms with Crippen molar-refractivity contribution in [2.45, 2.75) is 31.8 Å². The van der Waals surface area contributed by atoms with Crippen LogP contribution in [0.4, 0.5) is 4.39 Å². The minimum atomic E-state index is -0.929. The first-order chi connectivity index (χ1) is 10.0. The molecular formula is C14H16FN3O2S. The Kier molecular flexibility index (Phi) is 4.95. The van der Waals surface area contributed by atoms with Crippen molar-refractivity contribution in [3.63, 3.8) is 0 Å². The molecule has 0 bridgehead atoms. The summed E-state index contributed by atoms with van der Waals surface area (Å²) in [6.07, 6.45) is 1.56. The Morgan fingerprint density at radius 3 is 2.81 bits per heavy atom. The van der Waals surface area contributed by atoms with E-state index in [0.29, 0.717) is 28.7 Å². The van der Waals surface area contributed by atoms with Crippen LogP contribution in [-0.2, 0) is 11.2 Å². The number of benzene rings is 1. The van der Waals surface area contributed by atoms with Crippen molar-refractivity contribution < 1.29 is 14.3 Å². The second-order valence-corrected chi connectivity index (χ2v) is 5.54. The van der Waals surface area contributed by atoms with Crippen LogP contribution >= 0.6 is 11.8 Å². The molecule has 0 atom stereocenters. The zero-order valence-electron chi connectivity index (χ0n) is 11.8. The number of nitrogens with zero attached hydrogens (tertiary/aromatic N) is 3. The molecule has 2 rings (SSSR count). The number of carboxylic acids is 1. The van der Waals surface area contributed by atoms with Crippen LogP contribution in [0, 0.1) is 12.7 Å². The molecule has 1 heterocycles. The first-order valence-electron chi connectivity index (χ1n) is 6.58. The summed E-state index contributed by atoms with van der Waals surface area (Å²) in [5.74, 6) is -0.647. The fourth-order valence-corrected chi connectivity index (χ4v) is 2.58. The van der Waals surface area contributed by atoms with Crippen molar-refractivity contribution in [3.05, 3.63) is 35.4 Å². The first-order valence-corrected chi connectivity index (χ1v) is 7.57. The molecule has 0 unspecified atom stereocenters. The lowest BCUT2D eigenvalue weighted by molar-refractivity contribution is -0.133. The number of halogens is 1. The highest BCUT2D eigenvalue weighted by Gasteiger charge is 2.15. The number of rotatable bonds is 6. The molecule has 0 aliphatic heterocycles. The number of carbonyl (C=O) groups is 1. The lowest BCUT2D eigenvalue weighted by Crippen LogP contribution is -2.05. The van der Waals surface area contributed by atoms with Crippen molar-refractivity contribution in [1.29, 1.82) is 0 Å². The molecule has 2 aromatic rings. The van der Waals surface area contributed by atoms with Gasteiger partial charge in [0.1, 0.15) is 11.6 Å². The van der Waals surface area contributed by atoms with E-state index in [4.69, 9.17) is 5.11 Å². The summed E-state index contributed by atoms with van der Waals surface area (Å²) >= 11 is 1.07. The molecule has 0 aliphatic carbocycles. The molecule has 1 N–H and O–H groups in total. The number of carboxylic acid groups (broad SMARTS) is 1. The van der Waals surface area contributed by atoms with Gasteiger partial charge in [-0.25, -0.2) is 4.39 Å². The largest absolute Gasteiger partial charge is 0.481 e. The maximum atomic E-state index is 13.8. The summed E-state index contributed by atoms with van der Waals surface area (Å²) in [5.41, 5.74) is 1.17. The molecule has 112 valence electrons. The molecule has 0 spiro atoms. The highest BCUT2D eigenvalue weighted by molar-refractivity contribution is 7.99. The Morgan fingerprint density at radius 2 is 2.19 bits per heavy atom. The Bertz CT molecular complexity index is 658. The van der Waals surface area contributed by atoms with Gasteiger partial charge in [0, 0.05) is 6.42 Å². The normalized spacial score (nSPS) is 10.8. The monoisotopic (exact) mass is 309 g/mol. The van der Waals surface area contributed by atoms with Gasteiger partial charge in [-0.1, -0.05) is 24.8 Å². The summed E-state index contributed by atoms with van der Waals surface area (Å²) in [5, 5.41) is 17.4. The SMILES string of the molecule is CCCc1nnc(SCC(=O)O)n1-c1ccc(C)c(F)c1. The van der Waals surface area contributed by atoms with Gasteiger partial charge in [0.15, 0.2) is 5.16 Å². The molecule has 1 aromatic heterocycles. The highest BCUT2D eigenvalue weighted by Crippen LogP contribution is 2.24. The molecule has 21 heavy (non-hydrogen) atoms. The molecular weight excluding hydrogens is 293 g/mol. The fourth-order valence-electron chi connectivity index (χ4n) is 1.89. The maximum absolute atomic E-state index is 13.8. The summed E-state index contributed by atoms with van der Waals surface area (Å²) in [6, 6.07) is 4.89. The average Bonchev–Trinajstić information content (AvgIpc) is 2.83. The van der Waals surface area contributed by atoms with E-state index in [1.807, 2.05) is 6.92 Å². The molecule has 0 saturated carbocycles. The van der Waals surface area contributed by atoms with E-state index in [2.05, 4.69) is 10.2 Å². The van der Waals surface area contributed by atoms with Gasteiger partial charge in [-0.3, -0.25) is 9.36 Å². The third-order valence-corrected chi connectivity index (χ3v) is 3.83. The average molecular weight is 309 g/mol. The number of aromatic nitrogens is 3. The van der Waals surface area contributed by atoms with Crippen LogP contribution in [0.15, 0.2) is 23.4 Å². The molecule has 0 aliphatic rings. The van der Waals surface area contributed by atoms with E-state index in [9.17, 15) is 9.18 Å². The van der Waals surface area contributed by atoms with Gasteiger partial charge in [-0.2, -0.15) is 0 Å². The van der Waals surface area contributed by atoms with Crippen LogP contribution in [-0.4, -0.2) is 31.6 Å². The van der Waals surface area contributed by atoms with Crippen LogP contribution in [0.25, 0.3) is 5.69 Å². The van der Waals surface area contributed by atoms with E-state index in [1.54, 1.807) is 23.6 Å². The predicted molar refractivity (Wildman–Crippen MR) is 78.4 cm³/mol. The summed E-state index contributed by atoms with van der Waals surface area (Å²) < 4.78 is 15.5. The summed E-state index contributed by atoms with van der Waals surface area (Å²) in [7, 11) is 0. The summed E-state index contributed by atoms with van der Waals surface area (Å²) in [6.45, 7) is 3.71. The molecule has 1 aromatic carbocycles. The Morgan fingerprint density at radius 1 is 1.43 bits per heavy atom. The fraction of sp³-hybridized carbons (Fsp3) is 0.357. The van der Waals surface area contributed by atoms with E-state index in [1.165, 1.54) is 6.07 Å². The van der Waals surface area contributed by atoms with E-state index >= 15 is 0 Å². The second-order valence-electron chi connectivity index (χ2n) is 4.60. The van der Waals surface area contributed by atoms with Gasteiger partial charge in [0.2, 0.25) is 0 Å². The van der Waals surface area contributed by atoms with Gasteiger partial charge < -0.3 is 5.11 Å². The third kappa shape index (κ3) is 3.60. The summed E-state index contributed by atoms with van der Waals surface area (Å²) in [4.78, 5) is 10.7. The minimum Gasteiger partial charge on any atom is -0.481 e. The smallest absolute Gasteiger partial charge is 0.313 e. The zero-order valence-corrected chi connectivity index (χ0v) is 12.7. The number of hydrogen-bond donors (Lipinski definition) is 1. The molecule has 0 fully saturated rings. The molecule has 5 nitrogen and oxygen atoms in total. The topological polar surface area (TPSA) is 68.0 Å². The lowest BCUT2D eigenvalue weighted by atomic mass is 10.2. The number of aryl methyl sites for hydroxylation is 2.